The van der Waals surface area contributed by atoms with E-state index in [0.717, 1.165) is 12.1 Å². The fourth-order valence-electron chi connectivity index (χ4n) is 1.96. The van der Waals surface area contributed by atoms with E-state index in [4.69, 9.17) is 5.73 Å². The molecule has 0 saturated heterocycles. The third-order valence-corrected chi connectivity index (χ3v) is 4.48. The predicted molar refractivity (Wildman–Crippen MR) is 79.0 cm³/mol. The number of nitrogen functional groups attached to an aromatic ring is 1. The van der Waals surface area contributed by atoms with Crippen molar-refractivity contribution in [2.45, 2.75) is 31.7 Å². The second kappa shape index (κ2) is 5.36. The largest absolute Gasteiger partial charge is 0.396 e. The molecule has 0 aliphatic carbocycles. The van der Waals surface area contributed by atoms with Gasteiger partial charge in [-0.1, -0.05) is 0 Å². The van der Waals surface area contributed by atoms with Crippen LogP contribution in [-0.4, -0.2) is 18.2 Å². The molecule has 0 aliphatic heterocycles. The predicted octanol–water partition coefficient (Wildman–Crippen LogP) is 2.29. The smallest absolute Gasteiger partial charge is 0.263 e. The molecule has 114 valence electrons. The van der Waals surface area contributed by atoms with Crippen LogP contribution in [0.25, 0.3) is 0 Å². The number of aromatic nitrogens is 2. The average Bonchev–Trinajstić information content (AvgIpc) is 2.81. The fourth-order valence-corrected chi connectivity index (χ4v) is 3.27. The molecule has 1 aromatic heterocycles. The zero-order valence-corrected chi connectivity index (χ0v) is 12.8. The maximum Gasteiger partial charge on any atom is 0.263 e. The van der Waals surface area contributed by atoms with Crippen LogP contribution in [0.5, 0.6) is 0 Å². The van der Waals surface area contributed by atoms with Gasteiger partial charge in [-0.15, -0.1) is 0 Å². The molecule has 1 heterocycles. The van der Waals surface area contributed by atoms with Gasteiger partial charge >= 0.3 is 0 Å². The molecule has 2 aromatic rings. The van der Waals surface area contributed by atoms with Crippen molar-refractivity contribution in [3.05, 3.63) is 35.8 Å². The average molecular weight is 312 g/mol. The van der Waals surface area contributed by atoms with Gasteiger partial charge in [0.05, 0.1) is 16.8 Å². The summed E-state index contributed by atoms with van der Waals surface area (Å²) < 4.78 is 42.2. The molecule has 0 unspecified atom stereocenters. The summed E-state index contributed by atoms with van der Waals surface area (Å²) in [7, 11) is -3.87. The van der Waals surface area contributed by atoms with Crippen LogP contribution < -0.4 is 10.5 Å². The molecule has 3 N–H and O–H groups in total. The number of nitrogens with two attached hydrogens (primary N) is 1. The minimum Gasteiger partial charge on any atom is -0.396 e. The first kappa shape index (κ1) is 15.3. The number of hydrogen-bond acceptors (Lipinski definition) is 4. The van der Waals surface area contributed by atoms with Crippen LogP contribution in [0.4, 0.5) is 15.9 Å². The highest BCUT2D eigenvalue weighted by atomic mass is 32.2. The second-order valence-electron chi connectivity index (χ2n) is 5.00. The molecular weight excluding hydrogens is 295 g/mol. The topological polar surface area (TPSA) is 90.0 Å². The van der Waals surface area contributed by atoms with E-state index in [-0.39, 0.29) is 22.2 Å². The van der Waals surface area contributed by atoms with Crippen LogP contribution in [0.1, 0.15) is 25.5 Å². The van der Waals surface area contributed by atoms with Crippen molar-refractivity contribution in [2.75, 3.05) is 10.5 Å². The summed E-state index contributed by atoms with van der Waals surface area (Å²) in [4.78, 5) is -0.0575. The van der Waals surface area contributed by atoms with E-state index in [1.165, 1.54) is 13.1 Å². The molecule has 0 spiro atoms. The summed E-state index contributed by atoms with van der Waals surface area (Å²) in [5.74, 6) is -0.300. The molecule has 8 heteroatoms. The summed E-state index contributed by atoms with van der Waals surface area (Å²) in [6.45, 7) is 5.27. The Hall–Kier alpha value is -2.09. The standard InChI is InChI=1S/C13H17FN4O2S/c1-8(2)18-13(4-5-16-18)17-21(19,20)12-7-11(15)10(14)6-9(12)3/h4-8,17H,15H2,1-3H3. The second-order valence-corrected chi connectivity index (χ2v) is 6.65. The van der Waals surface area contributed by atoms with Gasteiger partial charge in [0, 0.05) is 12.1 Å². The van der Waals surface area contributed by atoms with Gasteiger partial charge in [-0.05, 0) is 38.5 Å². The third-order valence-electron chi connectivity index (χ3n) is 2.98. The maximum absolute atomic E-state index is 13.3. The lowest BCUT2D eigenvalue weighted by Crippen LogP contribution is -2.18. The molecule has 0 bridgehead atoms. The van der Waals surface area contributed by atoms with Gasteiger partial charge in [0.25, 0.3) is 10.0 Å². The maximum atomic E-state index is 13.3. The Labute approximate surface area is 122 Å². The Balaban J connectivity index is 2.44. The van der Waals surface area contributed by atoms with Gasteiger partial charge in [0.2, 0.25) is 0 Å². The van der Waals surface area contributed by atoms with Crippen LogP contribution >= 0.6 is 0 Å². The highest BCUT2D eigenvalue weighted by Crippen LogP contribution is 2.24. The van der Waals surface area contributed by atoms with Crippen LogP contribution in [0, 0.1) is 12.7 Å². The minimum absolute atomic E-state index is 0.00270. The Morgan fingerprint density at radius 3 is 2.67 bits per heavy atom. The zero-order valence-electron chi connectivity index (χ0n) is 12.0. The molecule has 21 heavy (non-hydrogen) atoms. The third kappa shape index (κ3) is 2.99. The Morgan fingerprint density at radius 1 is 1.38 bits per heavy atom. The number of nitrogens with one attached hydrogen (secondary N) is 1. The SMILES string of the molecule is Cc1cc(F)c(N)cc1S(=O)(=O)Nc1ccnn1C(C)C. The summed E-state index contributed by atoms with van der Waals surface area (Å²) >= 11 is 0. The van der Waals surface area contributed by atoms with Crippen LogP contribution in [0.3, 0.4) is 0 Å². The summed E-state index contributed by atoms with van der Waals surface area (Å²) in [5, 5.41) is 4.05. The lowest BCUT2D eigenvalue weighted by molar-refractivity contribution is 0.539. The van der Waals surface area contributed by atoms with Gasteiger partial charge in [0.15, 0.2) is 0 Å². The van der Waals surface area contributed by atoms with Gasteiger partial charge in [-0.2, -0.15) is 5.10 Å². The quantitative estimate of drug-likeness (QED) is 0.848. The van der Waals surface area contributed by atoms with Gasteiger partial charge in [-0.25, -0.2) is 17.5 Å². The summed E-state index contributed by atoms with van der Waals surface area (Å²) in [6.07, 6.45) is 1.50. The number of rotatable bonds is 4. The molecule has 6 nitrogen and oxygen atoms in total. The molecule has 0 aliphatic rings. The van der Waals surface area contributed by atoms with Crippen molar-refractivity contribution >= 4 is 21.5 Å². The molecular formula is C13H17FN4O2S. The number of nitrogens with zero attached hydrogens (tertiary/aromatic N) is 2. The van der Waals surface area contributed by atoms with Crippen molar-refractivity contribution in [3.63, 3.8) is 0 Å². The van der Waals surface area contributed by atoms with E-state index in [9.17, 15) is 12.8 Å². The van der Waals surface area contributed by atoms with E-state index in [0.29, 0.717) is 5.82 Å². The molecule has 0 radical (unpaired) electrons. The van der Waals surface area contributed by atoms with Crippen molar-refractivity contribution in [3.8, 4) is 0 Å². The fraction of sp³-hybridized carbons (Fsp3) is 0.308. The minimum atomic E-state index is -3.87. The van der Waals surface area contributed by atoms with Crippen LogP contribution in [-0.2, 0) is 10.0 Å². The van der Waals surface area contributed by atoms with Crippen molar-refractivity contribution in [1.82, 2.24) is 9.78 Å². The molecule has 0 atom stereocenters. The first-order chi connectivity index (χ1) is 9.72. The van der Waals surface area contributed by atoms with Crippen LogP contribution in [0.2, 0.25) is 0 Å². The van der Waals surface area contributed by atoms with Gasteiger partial charge < -0.3 is 5.73 Å². The summed E-state index contributed by atoms with van der Waals surface area (Å²) in [6, 6.07) is 3.77. The van der Waals surface area contributed by atoms with Crippen molar-refractivity contribution in [1.29, 1.82) is 0 Å². The van der Waals surface area contributed by atoms with Gasteiger partial charge in [-0.3, -0.25) is 4.72 Å². The molecule has 0 saturated carbocycles. The van der Waals surface area contributed by atoms with Gasteiger partial charge in [0.1, 0.15) is 11.6 Å². The number of sulfonamides is 1. The first-order valence-electron chi connectivity index (χ1n) is 6.34. The van der Waals surface area contributed by atoms with E-state index >= 15 is 0 Å². The van der Waals surface area contributed by atoms with E-state index in [1.54, 1.807) is 10.7 Å². The molecule has 1 aromatic carbocycles. The summed E-state index contributed by atoms with van der Waals surface area (Å²) in [5.41, 5.74) is 5.53. The van der Waals surface area contributed by atoms with Crippen molar-refractivity contribution in [2.24, 2.45) is 0 Å². The Kier molecular flexibility index (Phi) is 3.91. The molecule has 0 amide bonds. The Bertz CT molecular complexity index is 768. The number of anilines is 2. The van der Waals surface area contributed by atoms with Crippen LogP contribution in [0.15, 0.2) is 29.3 Å². The zero-order chi connectivity index (χ0) is 15.8. The molecule has 0 fully saturated rings. The van der Waals surface area contributed by atoms with E-state index < -0.39 is 15.8 Å². The van der Waals surface area contributed by atoms with Crippen molar-refractivity contribution < 1.29 is 12.8 Å². The molecule has 2 rings (SSSR count). The number of aryl methyl sites for hydroxylation is 1. The number of hydrogen-bond donors (Lipinski definition) is 2. The Morgan fingerprint density at radius 2 is 2.05 bits per heavy atom. The highest BCUT2D eigenvalue weighted by Gasteiger charge is 2.21. The highest BCUT2D eigenvalue weighted by molar-refractivity contribution is 7.92. The first-order valence-corrected chi connectivity index (χ1v) is 7.82. The number of benzene rings is 1. The lowest BCUT2D eigenvalue weighted by atomic mass is 10.2. The number of halogens is 1. The monoisotopic (exact) mass is 312 g/mol. The lowest BCUT2D eigenvalue weighted by Gasteiger charge is -2.14. The van der Waals surface area contributed by atoms with E-state index in [2.05, 4.69) is 9.82 Å². The normalized spacial score (nSPS) is 11.9. The van der Waals surface area contributed by atoms with E-state index in [1.807, 2.05) is 13.8 Å².